The molecule has 106 valence electrons. The first-order valence-corrected chi connectivity index (χ1v) is 5.97. The molecule has 0 aliphatic carbocycles. The molecule has 6 nitrogen and oxygen atoms in total. The molecule has 0 atom stereocenters. The first kappa shape index (κ1) is 14.3. The number of hydrogen-bond donors (Lipinski definition) is 1. The summed E-state index contributed by atoms with van der Waals surface area (Å²) in [4.78, 5) is 20.0. The van der Waals surface area contributed by atoms with Gasteiger partial charge in [0.1, 0.15) is 0 Å². The molecule has 1 heterocycles. The van der Waals surface area contributed by atoms with Crippen molar-refractivity contribution < 1.29 is 14.3 Å². The number of carbonyl (C=O) groups excluding carboxylic acids is 1. The number of carbonyl (C=O) groups is 1. The van der Waals surface area contributed by atoms with Crippen LogP contribution in [0.4, 0.5) is 5.82 Å². The third-order valence-corrected chi connectivity index (χ3v) is 2.78. The Kier molecular flexibility index (Phi) is 4.05. The quantitative estimate of drug-likeness (QED) is 0.678. The van der Waals surface area contributed by atoms with Crippen LogP contribution in [0, 0.1) is 12.3 Å². The largest absolute Gasteiger partial charge is 0.491 e. The number of nitrogen functional groups attached to an aromatic ring is 1. The Labute approximate surface area is 121 Å². The maximum atomic E-state index is 11.8. The predicted molar refractivity (Wildman–Crippen MR) is 77.7 cm³/mol. The Morgan fingerprint density at radius 2 is 1.90 bits per heavy atom. The van der Waals surface area contributed by atoms with Crippen LogP contribution in [-0.2, 0) is 4.74 Å². The van der Waals surface area contributed by atoms with Gasteiger partial charge in [0.25, 0.3) is 0 Å². The summed E-state index contributed by atoms with van der Waals surface area (Å²) in [6.45, 7) is 0. The number of terminal acetylenes is 1. The number of esters is 1. The second kappa shape index (κ2) is 5.92. The maximum absolute atomic E-state index is 11.8. The summed E-state index contributed by atoms with van der Waals surface area (Å²) in [6, 6.07) is 6.99. The van der Waals surface area contributed by atoms with Gasteiger partial charge in [-0.2, -0.15) is 0 Å². The lowest BCUT2D eigenvalue weighted by Gasteiger charge is -2.10. The minimum absolute atomic E-state index is 0.0245. The van der Waals surface area contributed by atoms with E-state index in [0.717, 1.165) is 5.56 Å². The van der Waals surface area contributed by atoms with Crippen LogP contribution in [0.25, 0.3) is 11.4 Å². The van der Waals surface area contributed by atoms with E-state index in [0.29, 0.717) is 5.56 Å². The fourth-order valence-corrected chi connectivity index (χ4v) is 1.75. The number of nitrogens with two attached hydrogens (primary N) is 1. The number of nitrogens with zero attached hydrogens (tertiary/aromatic N) is 2. The third-order valence-electron chi connectivity index (χ3n) is 2.78. The van der Waals surface area contributed by atoms with Gasteiger partial charge in [-0.1, -0.05) is 5.92 Å². The molecule has 0 bridgehead atoms. The maximum Gasteiger partial charge on any atom is 0.360 e. The van der Waals surface area contributed by atoms with Crippen LogP contribution in [-0.4, -0.2) is 30.2 Å². The van der Waals surface area contributed by atoms with Crippen LogP contribution < -0.4 is 10.5 Å². The molecule has 6 heteroatoms. The molecule has 2 rings (SSSR count). The molecule has 0 amide bonds. The highest BCUT2D eigenvalue weighted by atomic mass is 16.5. The second-order valence-electron chi connectivity index (χ2n) is 4.03. The molecule has 0 fully saturated rings. The van der Waals surface area contributed by atoms with Gasteiger partial charge < -0.3 is 15.2 Å². The number of benzene rings is 1. The Morgan fingerprint density at radius 3 is 2.43 bits per heavy atom. The van der Waals surface area contributed by atoms with Crippen molar-refractivity contribution in [1.29, 1.82) is 0 Å². The van der Waals surface area contributed by atoms with Crippen molar-refractivity contribution in [3.05, 3.63) is 35.5 Å². The van der Waals surface area contributed by atoms with E-state index in [-0.39, 0.29) is 23.1 Å². The average Bonchev–Trinajstić information content (AvgIpc) is 2.53. The van der Waals surface area contributed by atoms with E-state index >= 15 is 0 Å². The zero-order valence-corrected chi connectivity index (χ0v) is 11.6. The zero-order chi connectivity index (χ0) is 15.4. The number of methoxy groups -OCH3 is 2. The molecule has 1 aromatic heterocycles. The fourth-order valence-electron chi connectivity index (χ4n) is 1.75. The van der Waals surface area contributed by atoms with Gasteiger partial charge in [-0.25, -0.2) is 14.8 Å². The van der Waals surface area contributed by atoms with Gasteiger partial charge in [-0.05, 0) is 24.3 Å². The number of aromatic nitrogens is 2. The van der Waals surface area contributed by atoms with E-state index in [2.05, 4.69) is 20.6 Å². The van der Waals surface area contributed by atoms with Gasteiger partial charge in [-0.15, -0.1) is 6.42 Å². The van der Waals surface area contributed by atoms with Crippen LogP contribution in [0.1, 0.15) is 16.1 Å². The Hall–Kier alpha value is -3.07. The van der Waals surface area contributed by atoms with Gasteiger partial charge in [0, 0.05) is 11.1 Å². The third kappa shape index (κ3) is 2.77. The van der Waals surface area contributed by atoms with E-state index in [1.54, 1.807) is 24.3 Å². The summed E-state index contributed by atoms with van der Waals surface area (Å²) in [5.74, 6) is 2.30. The molecular formula is C15H13N3O3. The average molecular weight is 283 g/mol. The monoisotopic (exact) mass is 283 g/mol. The molecule has 0 saturated carbocycles. The van der Waals surface area contributed by atoms with Gasteiger partial charge in [-0.3, -0.25) is 0 Å². The number of ether oxygens (including phenoxy) is 2. The highest BCUT2D eigenvalue weighted by Gasteiger charge is 2.20. The van der Waals surface area contributed by atoms with Gasteiger partial charge in [0.05, 0.1) is 14.2 Å². The van der Waals surface area contributed by atoms with Gasteiger partial charge in [0.15, 0.2) is 23.1 Å². The summed E-state index contributed by atoms with van der Waals surface area (Å²) < 4.78 is 9.72. The second-order valence-corrected chi connectivity index (χ2v) is 4.03. The molecule has 21 heavy (non-hydrogen) atoms. The van der Waals surface area contributed by atoms with Crippen molar-refractivity contribution in [3.8, 4) is 29.5 Å². The van der Waals surface area contributed by atoms with E-state index in [4.69, 9.17) is 16.9 Å². The van der Waals surface area contributed by atoms with E-state index in [9.17, 15) is 4.79 Å². The normalized spacial score (nSPS) is 9.76. The van der Waals surface area contributed by atoms with Gasteiger partial charge >= 0.3 is 5.97 Å². The molecule has 2 aromatic rings. The smallest absolute Gasteiger partial charge is 0.360 e. The molecule has 0 radical (unpaired) electrons. The summed E-state index contributed by atoms with van der Waals surface area (Å²) >= 11 is 0. The SMILES string of the molecule is C#Cc1ccc(-c2nc(N)c(OC)c(C(=O)OC)n2)cc1. The zero-order valence-electron chi connectivity index (χ0n) is 11.6. The molecular weight excluding hydrogens is 270 g/mol. The van der Waals surface area contributed by atoms with E-state index in [1.165, 1.54) is 14.2 Å². The summed E-state index contributed by atoms with van der Waals surface area (Å²) in [5, 5.41) is 0. The van der Waals surface area contributed by atoms with Crippen molar-refractivity contribution in [2.24, 2.45) is 0 Å². The van der Waals surface area contributed by atoms with Crippen molar-refractivity contribution in [2.45, 2.75) is 0 Å². The van der Waals surface area contributed by atoms with Crippen molar-refractivity contribution in [1.82, 2.24) is 9.97 Å². The molecule has 0 unspecified atom stereocenters. The van der Waals surface area contributed by atoms with Gasteiger partial charge in [0.2, 0.25) is 0 Å². The van der Waals surface area contributed by atoms with Crippen molar-refractivity contribution in [3.63, 3.8) is 0 Å². The molecule has 0 aliphatic rings. The standard InChI is InChI=1S/C15H13N3O3/c1-4-9-5-7-10(8-6-9)14-17-11(15(19)21-3)12(20-2)13(16)18-14/h1,5-8H,2-3H3,(H2,16,17,18). The summed E-state index contributed by atoms with van der Waals surface area (Å²) in [7, 11) is 2.63. The molecule has 1 aromatic carbocycles. The Morgan fingerprint density at radius 1 is 1.24 bits per heavy atom. The Balaban J connectivity index is 2.57. The van der Waals surface area contributed by atoms with Crippen LogP contribution >= 0.6 is 0 Å². The van der Waals surface area contributed by atoms with E-state index in [1.807, 2.05) is 0 Å². The number of rotatable bonds is 3. The molecule has 2 N–H and O–H groups in total. The summed E-state index contributed by atoms with van der Waals surface area (Å²) in [6.07, 6.45) is 5.30. The lowest BCUT2D eigenvalue weighted by Crippen LogP contribution is -2.11. The molecule has 0 saturated heterocycles. The minimum atomic E-state index is -0.651. The van der Waals surface area contributed by atoms with E-state index < -0.39 is 5.97 Å². The lowest BCUT2D eigenvalue weighted by atomic mass is 10.1. The molecule has 0 aliphatic heterocycles. The Bertz CT molecular complexity index is 718. The first-order chi connectivity index (χ1) is 10.1. The van der Waals surface area contributed by atoms with Crippen LogP contribution in [0.15, 0.2) is 24.3 Å². The number of hydrogen-bond acceptors (Lipinski definition) is 6. The summed E-state index contributed by atoms with van der Waals surface area (Å²) in [5.41, 5.74) is 7.18. The van der Waals surface area contributed by atoms with Crippen molar-refractivity contribution >= 4 is 11.8 Å². The highest BCUT2D eigenvalue weighted by Crippen LogP contribution is 2.27. The highest BCUT2D eigenvalue weighted by molar-refractivity contribution is 5.92. The van der Waals surface area contributed by atoms with Crippen LogP contribution in [0.2, 0.25) is 0 Å². The predicted octanol–water partition coefficient (Wildman–Crippen LogP) is 1.50. The van der Waals surface area contributed by atoms with Crippen molar-refractivity contribution in [2.75, 3.05) is 20.0 Å². The van der Waals surface area contributed by atoms with Crippen LogP contribution in [0.5, 0.6) is 5.75 Å². The number of anilines is 1. The first-order valence-electron chi connectivity index (χ1n) is 5.97. The topological polar surface area (TPSA) is 87.3 Å². The van der Waals surface area contributed by atoms with Crippen LogP contribution in [0.3, 0.4) is 0 Å². The lowest BCUT2D eigenvalue weighted by molar-refractivity contribution is 0.0590. The minimum Gasteiger partial charge on any atom is -0.491 e. The fraction of sp³-hybridized carbons (Fsp3) is 0.133. The molecule has 0 spiro atoms.